The first-order valence-corrected chi connectivity index (χ1v) is 7.95. The van der Waals surface area contributed by atoms with E-state index in [2.05, 4.69) is 4.90 Å². The fraction of sp³-hybridized carbons (Fsp3) is 0.588. The lowest BCUT2D eigenvalue weighted by molar-refractivity contribution is 0.0388. The fourth-order valence-corrected chi connectivity index (χ4v) is 3.92. The molecule has 1 aromatic carbocycles. The third-order valence-electron chi connectivity index (χ3n) is 4.96. The Labute approximate surface area is 126 Å². The zero-order valence-corrected chi connectivity index (χ0v) is 12.7. The number of carbonyl (C=O) groups excluding carboxylic acids is 1. The number of anilines is 1. The number of nitrogen functional groups attached to an aromatic ring is 1. The maximum Gasteiger partial charge on any atom is 0.257 e. The lowest BCUT2D eigenvalue weighted by Gasteiger charge is -2.44. The highest BCUT2D eigenvalue weighted by molar-refractivity contribution is 5.97. The lowest BCUT2D eigenvalue weighted by Crippen LogP contribution is -2.49. The number of carbonyl (C=O) groups is 1. The number of fused-ring (bicyclic) bond motifs is 1. The summed E-state index contributed by atoms with van der Waals surface area (Å²) < 4.78 is 5.35. The van der Waals surface area contributed by atoms with Crippen LogP contribution in [0.15, 0.2) is 18.2 Å². The first-order chi connectivity index (χ1) is 10.2. The largest absolute Gasteiger partial charge is 0.496 e. The molecule has 0 radical (unpaired) electrons. The van der Waals surface area contributed by atoms with Crippen LogP contribution in [-0.2, 0) is 0 Å². The van der Waals surface area contributed by atoms with Crippen molar-refractivity contribution in [2.75, 3.05) is 19.4 Å². The molecule has 0 spiro atoms. The van der Waals surface area contributed by atoms with Gasteiger partial charge in [-0.1, -0.05) is 12.8 Å². The molecule has 0 aromatic heterocycles. The summed E-state index contributed by atoms with van der Waals surface area (Å²) in [5.74, 6) is 1.37. The quantitative estimate of drug-likeness (QED) is 0.851. The highest BCUT2D eigenvalue weighted by atomic mass is 16.5. The second-order valence-electron chi connectivity index (χ2n) is 6.21. The number of amides is 1. The molecule has 2 atom stereocenters. The summed E-state index contributed by atoms with van der Waals surface area (Å²) >= 11 is 0. The predicted molar refractivity (Wildman–Crippen MR) is 83.4 cm³/mol. The second-order valence-corrected chi connectivity index (χ2v) is 6.21. The van der Waals surface area contributed by atoms with Crippen molar-refractivity contribution in [2.45, 2.75) is 44.6 Å². The highest BCUT2D eigenvalue weighted by Crippen LogP contribution is 2.36. The van der Waals surface area contributed by atoms with E-state index in [-0.39, 0.29) is 5.91 Å². The number of piperidine rings is 1. The molecule has 1 aliphatic carbocycles. The average molecular weight is 288 g/mol. The Kier molecular flexibility index (Phi) is 4.04. The van der Waals surface area contributed by atoms with Gasteiger partial charge >= 0.3 is 0 Å². The maximum atomic E-state index is 13.0. The van der Waals surface area contributed by atoms with Crippen molar-refractivity contribution in [1.29, 1.82) is 0 Å². The topological polar surface area (TPSA) is 55.6 Å². The summed E-state index contributed by atoms with van der Waals surface area (Å²) in [4.78, 5) is 15.0. The molecule has 1 saturated heterocycles. The standard InChI is InChI=1S/C17H24N2O2/c1-21-16-11-13(18)8-9-14(16)17(20)19-10-4-6-12-5-2-3-7-15(12)19/h8-9,11-12,15H,2-7,10,18H2,1H3/t12-,15+/m1/s1. The molecule has 0 unspecified atom stereocenters. The summed E-state index contributed by atoms with van der Waals surface area (Å²) in [7, 11) is 1.59. The molecule has 2 aliphatic rings. The third kappa shape index (κ3) is 2.71. The number of ether oxygens (including phenoxy) is 1. The van der Waals surface area contributed by atoms with Crippen LogP contribution in [0.5, 0.6) is 5.75 Å². The van der Waals surface area contributed by atoms with Gasteiger partial charge in [-0.25, -0.2) is 0 Å². The van der Waals surface area contributed by atoms with Crippen LogP contribution in [-0.4, -0.2) is 30.5 Å². The SMILES string of the molecule is COc1cc(N)ccc1C(=O)N1CCC[C@H]2CCCC[C@@H]21. The van der Waals surface area contributed by atoms with E-state index < -0.39 is 0 Å². The van der Waals surface area contributed by atoms with E-state index in [4.69, 9.17) is 10.5 Å². The number of hydrogen-bond acceptors (Lipinski definition) is 3. The van der Waals surface area contributed by atoms with Crippen LogP contribution in [0.1, 0.15) is 48.9 Å². The van der Waals surface area contributed by atoms with Crippen molar-refractivity contribution in [1.82, 2.24) is 4.90 Å². The summed E-state index contributed by atoms with van der Waals surface area (Å²) in [6, 6.07) is 5.72. The Morgan fingerprint density at radius 1 is 1.24 bits per heavy atom. The number of nitrogens with two attached hydrogens (primary N) is 1. The van der Waals surface area contributed by atoms with E-state index >= 15 is 0 Å². The minimum Gasteiger partial charge on any atom is -0.496 e. The van der Waals surface area contributed by atoms with E-state index in [9.17, 15) is 4.79 Å². The van der Waals surface area contributed by atoms with Crippen LogP contribution in [0.3, 0.4) is 0 Å². The van der Waals surface area contributed by atoms with Crippen molar-refractivity contribution in [3.05, 3.63) is 23.8 Å². The molecule has 0 bridgehead atoms. The second kappa shape index (κ2) is 5.96. The summed E-state index contributed by atoms with van der Waals surface area (Å²) in [6.07, 6.45) is 7.36. The summed E-state index contributed by atoms with van der Waals surface area (Å²) in [6.45, 7) is 0.869. The van der Waals surface area contributed by atoms with E-state index in [1.165, 1.54) is 25.7 Å². The van der Waals surface area contributed by atoms with Gasteiger partial charge in [0.2, 0.25) is 0 Å². The summed E-state index contributed by atoms with van der Waals surface area (Å²) in [5.41, 5.74) is 7.04. The Morgan fingerprint density at radius 2 is 2.00 bits per heavy atom. The number of benzene rings is 1. The van der Waals surface area contributed by atoms with Gasteiger partial charge in [-0.2, -0.15) is 0 Å². The molecule has 4 heteroatoms. The minimum absolute atomic E-state index is 0.100. The van der Waals surface area contributed by atoms with Crippen LogP contribution in [0.2, 0.25) is 0 Å². The van der Waals surface area contributed by atoms with Crippen LogP contribution < -0.4 is 10.5 Å². The molecular formula is C17H24N2O2. The van der Waals surface area contributed by atoms with E-state index in [1.807, 2.05) is 0 Å². The number of rotatable bonds is 2. The normalized spacial score (nSPS) is 25.3. The van der Waals surface area contributed by atoms with Crippen LogP contribution in [0.25, 0.3) is 0 Å². The maximum absolute atomic E-state index is 13.0. The molecule has 1 amide bonds. The van der Waals surface area contributed by atoms with Gasteiger partial charge in [-0.3, -0.25) is 4.79 Å². The molecule has 1 saturated carbocycles. The fourth-order valence-electron chi connectivity index (χ4n) is 3.92. The molecule has 4 nitrogen and oxygen atoms in total. The Hall–Kier alpha value is -1.71. The third-order valence-corrected chi connectivity index (χ3v) is 4.96. The molecule has 21 heavy (non-hydrogen) atoms. The van der Waals surface area contributed by atoms with E-state index in [0.29, 0.717) is 29.0 Å². The van der Waals surface area contributed by atoms with Gasteiger partial charge in [0.1, 0.15) is 5.75 Å². The van der Waals surface area contributed by atoms with E-state index in [0.717, 1.165) is 19.4 Å². The molecule has 114 valence electrons. The smallest absolute Gasteiger partial charge is 0.257 e. The van der Waals surface area contributed by atoms with Gasteiger partial charge in [0.15, 0.2) is 0 Å². The number of likely N-dealkylation sites (tertiary alicyclic amines) is 1. The van der Waals surface area contributed by atoms with Gasteiger partial charge in [0.05, 0.1) is 12.7 Å². The van der Waals surface area contributed by atoms with Gasteiger partial charge in [-0.15, -0.1) is 0 Å². The average Bonchev–Trinajstić information content (AvgIpc) is 2.53. The summed E-state index contributed by atoms with van der Waals surface area (Å²) in [5, 5.41) is 0. The first-order valence-electron chi connectivity index (χ1n) is 7.95. The van der Waals surface area contributed by atoms with Crippen molar-refractivity contribution in [2.24, 2.45) is 5.92 Å². The van der Waals surface area contributed by atoms with Crippen molar-refractivity contribution in [3.8, 4) is 5.75 Å². The molecular weight excluding hydrogens is 264 g/mol. The van der Waals surface area contributed by atoms with Gasteiger partial charge in [0.25, 0.3) is 5.91 Å². The Bertz CT molecular complexity index is 528. The van der Waals surface area contributed by atoms with Crippen LogP contribution in [0, 0.1) is 5.92 Å². The van der Waals surface area contributed by atoms with Crippen molar-refractivity contribution >= 4 is 11.6 Å². The molecule has 1 aromatic rings. The lowest BCUT2D eigenvalue weighted by atomic mass is 9.78. The van der Waals surface area contributed by atoms with Crippen molar-refractivity contribution < 1.29 is 9.53 Å². The molecule has 1 aliphatic heterocycles. The van der Waals surface area contributed by atoms with Gasteiger partial charge < -0.3 is 15.4 Å². The van der Waals surface area contributed by atoms with Gasteiger partial charge in [0, 0.05) is 24.3 Å². The predicted octanol–water partition coefficient (Wildman–Crippen LogP) is 3.07. The number of nitrogens with zero attached hydrogens (tertiary/aromatic N) is 1. The molecule has 1 heterocycles. The zero-order chi connectivity index (χ0) is 14.8. The molecule has 2 fully saturated rings. The first kappa shape index (κ1) is 14.2. The van der Waals surface area contributed by atoms with E-state index in [1.54, 1.807) is 25.3 Å². The molecule has 2 N–H and O–H groups in total. The zero-order valence-electron chi connectivity index (χ0n) is 12.7. The Balaban J connectivity index is 1.87. The minimum atomic E-state index is 0.100. The van der Waals surface area contributed by atoms with Crippen molar-refractivity contribution in [3.63, 3.8) is 0 Å². The van der Waals surface area contributed by atoms with Crippen LogP contribution >= 0.6 is 0 Å². The van der Waals surface area contributed by atoms with Gasteiger partial charge in [-0.05, 0) is 43.7 Å². The van der Waals surface area contributed by atoms with Crippen LogP contribution in [0.4, 0.5) is 5.69 Å². The number of methoxy groups -OCH3 is 1. The monoisotopic (exact) mass is 288 g/mol. The highest BCUT2D eigenvalue weighted by Gasteiger charge is 2.36. The number of hydrogen-bond donors (Lipinski definition) is 1. The molecule has 3 rings (SSSR count). The Morgan fingerprint density at radius 3 is 2.81 bits per heavy atom.